The predicted octanol–water partition coefficient (Wildman–Crippen LogP) is 2.62. The van der Waals surface area contributed by atoms with Gasteiger partial charge < -0.3 is 59.1 Å². The normalized spacial score (nSPS) is 21.6. The summed E-state index contributed by atoms with van der Waals surface area (Å²) < 4.78 is 64.4. The van der Waals surface area contributed by atoms with Crippen LogP contribution < -0.4 is 27.1 Å². The molecule has 24 nitrogen and oxygen atoms in total. The molecule has 6 atom stereocenters. The molecule has 0 spiro atoms. The van der Waals surface area contributed by atoms with Crippen molar-refractivity contribution in [2.75, 3.05) is 36.9 Å². The van der Waals surface area contributed by atoms with E-state index in [4.69, 9.17) is 29.4 Å². The van der Waals surface area contributed by atoms with E-state index < -0.39 is 65.7 Å². The van der Waals surface area contributed by atoms with E-state index in [9.17, 15) is 47.8 Å². The number of aromatic nitrogens is 3. The van der Waals surface area contributed by atoms with Gasteiger partial charge in [-0.3, -0.25) is 19.1 Å². The van der Waals surface area contributed by atoms with E-state index >= 15 is 0 Å². The number of carbonyl (C=O) groups excluding carboxylic acids is 2. The number of anilines is 2. The van der Waals surface area contributed by atoms with E-state index in [0.29, 0.717) is 23.9 Å². The zero-order chi connectivity index (χ0) is 46.2. The Morgan fingerprint density at radius 2 is 1.84 bits per heavy atom. The van der Waals surface area contributed by atoms with Crippen LogP contribution in [0.5, 0.6) is 0 Å². The Hall–Kier alpha value is -4.72. The number of benzene rings is 1. The first kappa shape index (κ1) is 47.8. The van der Waals surface area contributed by atoms with Crippen molar-refractivity contribution < 1.29 is 75.0 Å². The number of rotatable bonds is 15. The Kier molecular flexibility index (Phi) is 14.0. The zero-order valence-corrected chi connectivity index (χ0v) is 36.8. The Bertz CT molecular complexity index is 2770. The highest BCUT2D eigenvalue weighted by Gasteiger charge is 2.43. The van der Waals surface area contributed by atoms with Crippen molar-refractivity contribution in [3.8, 4) is 11.8 Å². The van der Waals surface area contributed by atoms with Crippen LogP contribution in [0.25, 0.3) is 22.0 Å². The molecule has 1 aromatic carbocycles. The van der Waals surface area contributed by atoms with E-state index in [1.807, 2.05) is 6.07 Å². The molecule has 0 bridgehead atoms. The lowest BCUT2D eigenvalue weighted by molar-refractivity contribution is -0.120. The number of hydrogen-bond donors (Lipinski definition) is 8. The largest absolute Gasteiger partial charge is 0.490 e. The van der Waals surface area contributed by atoms with Crippen LogP contribution in [-0.2, 0) is 41.1 Å². The van der Waals surface area contributed by atoms with Crippen molar-refractivity contribution in [2.45, 2.75) is 83.3 Å². The minimum atomic E-state index is -5.78. The molecule has 0 saturated carbocycles. The van der Waals surface area contributed by atoms with Crippen molar-refractivity contribution in [3.63, 3.8) is 0 Å². The molecule has 5 heterocycles. The monoisotopic (exact) mass is 942 g/mol. The fourth-order valence-corrected chi connectivity index (χ4v) is 10.7. The number of hydrogen-bond acceptors (Lipinski definition) is 17. The number of aromatic amines is 1. The number of amides is 1. The SMILES string of the molecule is CCOC(=O)c1cc2cc3c(cc2oc1=O)N(CCCC(=O)NCC#Cc1cn([C@H]2C[C@H](O)[C@@H](COP(=O)(O)OP(=O)(O)OP(=O)(O)O)O2)c2nc(N)[nH]c(=O)c12)C(C)(C)CC3C. The molecular weight excluding hydrogens is 897 g/mol. The summed E-state index contributed by atoms with van der Waals surface area (Å²) in [5.41, 5.74) is 6.13. The molecule has 27 heteroatoms. The number of aliphatic hydroxyl groups is 1. The van der Waals surface area contributed by atoms with E-state index in [1.165, 1.54) is 16.8 Å². The summed E-state index contributed by atoms with van der Waals surface area (Å²) in [6, 6.07) is 5.19. The minimum Gasteiger partial charge on any atom is -0.462 e. The number of nitrogens with one attached hydrogen (secondary N) is 2. The molecule has 0 radical (unpaired) electrons. The van der Waals surface area contributed by atoms with E-state index in [0.717, 1.165) is 17.7 Å². The first-order valence-corrected chi connectivity index (χ1v) is 23.7. The number of fused-ring (bicyclic) bond motifs is 3. The molecule has 6 rings (SSSR count). The van der Waals surface area contributed by atoms with Crippen LogP contribution in [0.1, 0.15) is 87.0 Å². The number of carbonyl (C=O) groups is 2. The number of ether oxygens (including phenoxy) is 2. The molecular formula is C36H45N6O18P3. The fraction of sp³-hybridized carbons (Fsp3) is 0.472. The third-order valence-corrected chi connectivity index (χ3v) is 14.0. The number of aliphatic hydroxyl groups excluding tert-OH is 1. The number of nitrogen functional groups attached to an aromatic ring is 1. The van der Waals surface area contributed by atoms with Gasteiger partial charge in [-0.05, 0) is 57.2 Å². The number of esters is 1. The van der Waals surface area contributed by atoms with E-state index in [-0.39, 0.29) is 71.5 Å². The molecule has 3 unspecified atom stereocenters. The van der Waals surface area contributed by atoms with Crippen LogP contribution in [0.4, 0.5) is 11.6 Å². The number of phosphoric ester groups is 1. The summed E-state index contributed by atoms with van der Waals surface area (Å²) in [4.78, 5) is 96.3. The summed E-state index contributed by atoms with van der Waals surface area (Å²) in [6.45, 7) is 7.48. The number of H-pyrrole nitrogens is 1. The molecule has 1 saturated heterocycles. The third kappa shape index (κ3) is 11.3. The van der Waals surface area contributed by atoms with Crippen molar-refractivity contribution in [2.24, 2.45) is 0 Å². The summed E-state index contributed by atoms with van der Waals surface area (Å²) in [5.74, 6) is 4.44. The van der Waals surface area contributed by atoms with Crippen LogP contribution in [-0.4, -0.2) is 95.1 Å². The number of phosphoric acid groups is 3. The summed E-state index contributed by atoms with van der Waals surface area (Å²) in [7, 11) is -16.9. The lowest BCUT2D eigenvalue weighted by atomic mass is 9.79. The first-order chi connectivity index (χ1) is 29.4. The molecule has 4 aromatic rings. The summed E-state index contributed by atoms with van der Waals surface area (Å²) in [6.07, 6.45) is -1.30. The smallest absolute Gasteiger partial charge is 0.462 e. The molecule has 0 aliphatic carbocycles. The fourth-order valence-electron chi connectivity index (χ4n) is 7.63. The van der Waals surface area contributed by atoms with Gasteiger partial charge >= 0.3 is 35.1 Å². The van der Waals surface area contributed by atoms with Gasteiger partial charge in [0.1, 0.15) is 23.5 Å². The average molecular weight is 943 g/mol. The van der Waals surface area contributed by atoms with Crippen LogP contribution in [0, 0.1) is 11.8 Å². The van der Waals surface area contributed by atoms with Crippen LogP contribution in [0.15, 0.2) is 38.4 Å². The summed E-state index contributed by atoms with van der Waals surface area (Å²) in [5, 5.41) is 14.0. The van der Waals surface area contributed by atoms with Crippen molar-refractivity contribution in [3.05, 3.63) is 61.9 Å². The Balaban J connectivity index is 1.09. The van der Waals surface area contributed by atoms with Gasteiger partial charge in [-0.2, -0.15) is 13.6 Å². The van der Waals surface area contributed by atoms with Gasteiger partial charge in [0, 0.05) is 48.3 Å². The standard InChI is InChI=1S/C36H45N6O18P3/c1-5-55-33(46)23-13-21-12-22-19(2)16-36(3,4)42(24(22)14-26(21)58-34(23)47)11-7-9-28(44)38-10-6-8-20-17-41(31-30(20)32(45)40-35(37)39-31)29-15-25(43)27(57-29)18-56-62(51,52)60-63(53,54)59-61(48,49)50/h12-14,17,19,25,27,29,43H,5,7,9-11,15-16,18H2,1-4H3,(H,38,44)(H,51,52)(H,53,54)(H2,48,49,50)(H3,37,39,40,45)/t19?,25-,27+,29+/m0/s1. The van der Waals surface area contributed by atoms with Gasteiger partial charge in [-0.1, -0.05) is 18.8 Å². The average Bonchev–Trinajstić information content (AvgIpc) is 3.70. The molecule has 1 fully saturated rings. The van der Waals surface area contributed by atoms with Gasteiger partial charge in [-0.25, -0.2) is 23.3 Å². The molecule has 9 N–H and O–H groups in total. The minimum absolute atomic E-state index is 0.0107. The zero-order valence-electron chi connectivity index (χ0n) is 34.1. The van der Waals surface area contributed by atoms with Crippen molar-refractivity contribution in [1.82, 2.24) is 19.9 Å². The van der Waals surface area contributed by atoms with Crippen molar-refractivity contribution in [1.29, 1.82) is 0 Å². The Morgan fingerprint density at radius 3 is 2.54 bits per heavy atom. The van der Waals surface area contributed by atoms with Gasteiger partial charge in [0.15, 0.2) is 5.65 Å². The molecule has 63 heavy (non-hydrogen) atoms. The molecule has 1 amide bonds. The second kappa shape index (κ2) is 18.4. The first-order valence-electron chi connectivity index (χ1n) is 19.2. The lowest BCUT2D eigenvalue weighted by Crippen LogP contribution is -2.49. The van der Waals surface area contributed by atoms with Crippen LogP contribution in [0.2, 0.25) is 0 Å². The Labute approximate surface area is 357 Å². The third-order valence-electron chi connectivity index (χ3n) is 10.2. The molecule has 342 valence electrons. The number of nitrogens with two attached hydrogens (primary N) is 1. The molecule has 3 aromatic heterocycles. The van der Waals surface area contributed by atoms with Gasteiger partial charge in [-0.15, -0.1) is 0 Å². The van der Waals surface area contributed by atoms with Crippen LogP contribution >= 0.6 is 23.5 Å². The topological polar surface area (TPSA) is 355 Å². The van der Waals surface area contributed by atoms with Gasteiger partial charge in [0.25, 0.3) is 5.56 Å². The van der Waals surface area contributed by atoms with Crippen molar-refractivity contribution >= 4 is 69.0 Å². The maximum Gasteiger partial charge on any atom is 0.490 e. The van der Waals surface area contributed by atoms with Gasteiger partial charge in [0.05, 0.1) is 36.8 Å². The molecule has 2 aliphatic heterocycles. The maximum atomic E-state index is 13.0. The quantitative estimate of drug-likeness (QED) is 0.0367. The van der Waals surface area contributed by atoms with E-state index in [2.05, 4.69) is 65.9 Å². The maximum absolute atomic E-state index is 13.0. The molecule has 2 aliphatic rings. The van der Waals surface area contributed by atoms with Gasteiger partial charge in [0.2, 0.25) is 11.9 Å². The van der Waals surface area contributed by atoms with E-state index in [1.54, 1.807) is 13.0 Å². The highest BCUT2D eigenvalue weighted by molar-refractivity contribution is 7.66. The second-order valence-corrected chi connectivity index (χ2v) is 19.7. The Morgan fingerprint density at radius 1 is 1.11 bits per heavy atom. The van der Waals surface area contributed by atoms with Crippen LogP contribution in [0.3, 0.4) is 0 Å². The highest BCUT2D eigenvalue weighted by atomic mass is 31.3. The summed E-state index contributed by atoms with van der Waals surface area (Å²) >= 11 is 0. The lowest BCUT2D eigenvalue weighted by Gasteiger charge is -2.47. The number of nitrogens with zero attached hydrogens (tertiary/aromatic N) is 3. The second-order valence-electron chi connectivity index (χ2n) is 15.3. The predicted molar refractivity (Wildman–Crippen MR) is 221 cm³/mol. The highest BCUT2D eigenvalue weighted by Crippen LogP contribution is 2.66.